The standard InChI is InChI=1S/C14H21N3O3/c1-10(18)11-5-4-6-12(9-11)17-14(20)16-8-3-2-7-13(15)19/h4-6,9-10,18H,2-3,7-8H2,1H3,(H2,15,19)(H2,16,17,20). The fraction of sp³-hybridized carbons (Fsp3) is 0.429. The Labute approximate surface area is 118 Å². The lowest BCUT2D eigenvalue weighted by Gasteiger charge is -2.10. The molecule has 1 rings (SSSR count). The fourth-order valence-electron chi connectivity index (χ4n) is 1.68. The molecule has 1 atom stereocenters. The molecule has 0 saturated heterocycles. The van der Waals surface area contributed by atoms with Crippen LogP contribution < -0.4 is 16.4 Å². The Hall–Kier alpha value is -2.08. The van der Waals surface area contributed by atoms with Crippen molar-refractivity contribution in [2.75, 3.05) is 11.9 Å². The molecule has 3 amide bonds. The van der Waals surface area contributed by atoms with Gasteiger partial charge in [0.1, 0.15) is 0 Å². The number of hydrogen-bond acceptors (Lipinski definition) is 3. The number of nitrogens with one attached hydrogen (secondary N) is 2. The van der Waals surface area contributed by atoms with Crippen LogP contribution in [0.3, 0.4) is 0 Å². The minimum absolute atomic E-state index is 0.313. The maximum Gasteiger partial charge on any atom is 0.319 e. The lowest BCUT2D eigenvalue weighted by molar-refractivity contribution is -0.118. The monoisotopic (exact) mass is 279 g/mol. The second-order valence-corrected chi connectivity index (χ2v) is 4.61. The van der Waals surface area contributed by atoms with Gasteiger partial charge in [-0.1, -0.05) is 12.1 Å². The van der Waals surface area contributed by atoms with E-state index in [9.17, 15) is 14.7 Å². The third-order valence-corrected chi connectivity index (χ3v) is 2.76. The molecule has 20 heavy (non-hydrogen) atoms. The van der Waals surface area contributed by atoms with Gasteiger partial charge in [-0.05, 0) is 37.5 Å². The summed E-state index contributed by atoms with van der Waals surface area (Å²) in [5.74, 6) is -0.329. The van der Waals surface area contributed by atoms with Gasteiger partial charge in [-0.3, -0.25) is 4.79 Å². The van der Waals surface area contributed by atoms with Gasteiger partial charge in [-0.2, -0.15) is 0 Å². The third-order valence-electron chi connectivity index (χ3n) is 2.76. The molecule has 1 aromatic carbocycles. The van der Waals surface area contributed by atoms with Gasteiger partial charge in [0, 0.05) is 18.7 Å². The van der Waals surface area contributed by atoms with Crippen molar-refractivity contribution >= 4 is 17.6 Å². The molecule has 6 heteroatoms. The molecule has 5 N–H and O–H groups in total. The Kier molecular flexibility index (Phi) is 6.52. The van der Waals surface area contributed by atoms with E-state index < -0.39 is 6.10 Å². The minimum atomic E-state index is -0.575. The molecule has 0 radical (unpaired) electrons. The second kappa shape index (κ2) is 8.16. The van der Waals surface area contributed by atoms with Crippen molar-refractivity contribution in [2.24, 2.45) is 5.73 Å². The van der Waals surface area contributed by atoms with Crippen LogP contribution in [-0.4, -0.2) is 23.6 Å². The number of benzene rings is 1. The van der Waals surface area contributed by atoms with Crippen LogP contribution in [0.1, 0.15) is 37.9 Å². The zero-order valence-electron chi connectivity index (χ0n) is 11.6. The predicted octanol–water partition coefficient (Wildman–Crippen LogP) is 1.52. The van der Waals surface area contributed by atoms with Gasteiger partial charge in [0.05, 0.1) is 6.10 Å². The van der Waals surface area contributed by atoms with Crippen LogP contribution in [0.15, 0.2) is 24.3 Å². The Morgan fingerprint density at radius 1 is 1.35 bits per heavy atom. The summed E-state index contributed by atoms with van der Waals surface area (Å²) in [5, 5.41) is 14.8. The first-order valence-electron chi connectivity index (χ1n) is 6.60. The maximum atomic E-state index is 11.6. The Bertz CT molecular complexity index is 461. The van der Waals surface area contributed by atoms with Gasteiger partial charge >= 0.3 is 6.03 Å². The minimum Gasteiger partial charge on any atom is -0.389 e. The molecule has 0 heterocycles. The normalized spacial score (nSPS) is 11.7. The van der Waals surface area contributed by atoms with Crippen LogP contribution in [0.25, 0.3) is 0 Å². The van der Waals surface area contributed by atoms with Crippen molar-refractivity contribution in [3.05, 3.63) is 29.8 Å². The highest BCUT2D eigenvalue weighted by molar-refractivity contribution is 5.89. The molecule has 0 spiro atoms. The predicted molar refractivity (Wildman–Crippen MR) is 77.1 cm³/mol. The summed E-state index contributed by atoms with van der Waals surface area (Å²) in [6.07, 6.45) is 1.12. The van der Waals surface area contributed by atoms with Gasteiger partial charge in [0.2, 0.25) is 5.91 Å². The number of rotatable bonds is 7. The van der Waals surface area contributed by atoms with Crippen molar-refractivity contribution in [1.29, 1.82) is 0 Å². The first-order chi connectivity index (χ1) is 9.49. The number of aliphatic hydroxyl groups is 1. The van der Waals surface area contributed by atoms with E-state index in [0.717, 1.165) is 5.56 Å². The molecule has 0 saturated carbocycles. The summed E-state index contributed by atoms with van der Waals surface area (Å²) >= 11 is 0. The molecule has 0 aliphatic rings. The number of carbonyl (C=O) groups is 2. The molecule has 6 nitrogen and oxygen atoms in total. The quantitative estimate of drug-likeness (QED) is 0.569. The lowest BCUT2D eigenvalue weighted by atomic mass is 10.1. The molecular weight excluding hydrogens is 258 g/mol. The maximum absolute atomic E-state index is 11.6. The number of anilines is 1. The molecule has 0 aliphatic heterocycles. The van der Waals surface area contributed by atoms with Crippen LogP contribution in [0.2, 0.25) is 0 Å². The molecule has 1 unspecified atom stereocenters. The van der Waals surface area contributed by atoms with Gasteiger partial charge in [0.15, 0.2) is 0 Å². The number of primary amides is 1. The summed E-state index contributed by atoms with van der Waals surface area (Å²) in [6, 6.07) is 6.71. The van der Waals surface area contributed by atoms with Crippen LogP contribution in [0, 0.1) is 0 Å². The Morgan fingerprint density at radius 2 is 2.10 bits per heavy atom. The molecule has 0 aromatic heterocycles. The largest absolute Gasteiger partial charge is 0.389 e. The van der Waals surface area contributed by atoms with Crippen LogP contribution in [0.4, 0.5) is 10.5 Å². The van der Waals surface area contributed by atoms with Gasteiger partial charge in [0.25, 0.3) is 0 Å². The molecule has 110 valence electrons. The number of amides is 3. The van der Waals surface area contributed by atoms with E-state index in [1.807, 2.05) is 0 Å². The topological polar surface area (TPSA) is 104 Å². The number of carbonyl (C=O) groups excluding carboxylic acids is 2. The van der Waals surface area contributed by atoms with E-state index in [2.05, 4.69) is 10.6 Å². The molecule has 0 fully saturated rings. The average Bonchev–Trinajstić information content (AvgIpc) is 2.38. The van der Waals surface area contributed by atoms with Crippen LogP contribution >= 0.6 is 0 Å². The highest BCUT2D eigenvalue weighted by atomic mass is 16.3. The van der Waals surface area contributed by atoms with E-state index in [4.69, 9.17) is 5.73 Å². The van der Waals surface area contributed by atoms with E-state index in [0.29, 0.717) is 31.5 Å². The van der Waals surface area contributed by atoms with Crippen molar-refractivity contribution < 1.29 is 14.7 Å². The van der Waals surface area contributed by atoms with Crippen LogP contribution in [0.5, 0.6) is 0 Å². The summed E-state index contributed by atoms with van der Waals surface area (Å²) in [7, 11) is 0. The first kappa shape index (κ1) is 16.0. The zero-order valence-corrected chi connectivity index (χ0v) is 11.6. The summed E-state index contributed by atoms with van der Waals surface area (Å²) in [5.41, 5.74) is 6.38. The second-order valence-electron chi connectivity index (χ2n) is 4.61. The number of hydrogen-bond donors (Lipinski definition) is 4. The molecule has 0 aliphatic carbocycles. The SMILES string of the molecule is CC(O)c1cccc(NC(=O)NCCCCC(N)=O)c1. The average molecular weight is 279 g/mol. The summed E-state index contributed by atoms with van der Waals surface area (Å²) in [6.45, 7) is 2.15. The van der Waals surface area contributed by atoms with E-state index in [-0.39, 0.29) is 11.9 Å². The van der Waals surface area contributed by atoms with Crippen molar-refractivity contribution in [3.63, 3.8) is 0 Å². The van der Waals surface area contributed by atoms with E-state index in [1.165, 1.54) is 0 Å². The number of aliphatic hydroxyl groups excluding tert-OH is 1. The van der Waals surface area contributed by atoms with Crippen LogP contribution in [-0.2, 0) is 4.79 Å². The van der Waals surface area contributed by atoms with Crippen molar-refractivity contribution in [3.8, 4) is 0 Å². The van der Waals surface area contributed by atoms with Gasteiger partial charge < -0.3 is 21.5 Å². The zero-order chi connectivity index (χ0) is 15.0. The number of unbranched alkanes of at least 4 members (excludes halogenated alkanes) is 1. The fourth-order valence-corrected chi connectivity index (χ4v) is 1.68. The molecule has 0 bridgehead atoms. The van der Waals surface area contributed by atoms with Gasteiger partial charge in [-0.15, -0.1) is 0 Å². The summed E-state index contributed by atoms with van der Waals surface area (Å²) in [4.78, 5) is 22.1. The Balaban J connectivity index is 2.31. The smallest absolute Gasteiger partial charge is 0.319 e. The van der Waals surface area contributed by atoms with Crippen molar-refractivity contribution in [1.82, 2.24) is 5.32 Å². The highest BCUT2D eigenvalue weighted by Gasteiger charge is 2.04. The van der Waals surface area contributed by atoms with Gasteiger partial charge in [-0.25, -0.2) is 4.79 Å². The molecule has 1 aromatic rings. The van der Waals surface area contributed by atoms with E-state index >= 15 is 0 Å². The Morgan fingerprint density at radius 3 is 2.75 bits per heavy atom. The third kappa shape index (κ3) is 6.19. The molecular formula is C14H21N3O3. The lowest BCUT2D eigenvalue weighted by Crippen LogP contribution is -2.29. The van der Waals surface area contributed by atoms with E-state index in [1.54, 1.807) is 31.2 Å². The first-order valence-corrected chi connectivity index (χ1v) is 6.60. The highest BCUT2D eigenvalue weighted by Crippen LogP contribution is 2.16. The summed E-state index contributed by atoms with van der Waals surface area (Å²) < 4.78 is 0. The van der Waals surface area contributed by atoms with Crippen molar-refractivity contribution in [2.45, 2.75) is 32.3 Å². The number of nitrogens with two attached hydrogens (primary N) is 1. The number of urea groups is 1.